The molecule has 0 spiro atoms. The molecule has 0 radical (unpaired) electrons. The fourth-order valence-electron chi connectivity index (χ4n) is 3.95. The van der Waals surface area contributed by atoms with Crippen LogP contribution in [0.4, 0.5) is 0 Å². The summed E-state index contributed by atoms with van der Waals surface area (Å²) in [4.78, 5) is 25.7. The number of carbonyl (C=O) groups is 2. The lowest BCUT2D eigenvalue weighted by Gasteiger charge is -2.36. The standard InChI is InChI=1S/C17H25N3O6S/c1-11-15(12(2)26-18-11)27(24,25)20-8-5-13(6-9-20)16(21)19-7-3-4-14(10-19)17(22)23/h13-14H,3-10H2,1-2H3,(H,22,23)/t14-/m0/s1. The number of amides is 1. The predicted octanol–water partition coefficient (Wildman–Crippen LogP) is 1.02. The topological polar surface area (TPSA) is 121 Å². The maximum Gasteiger partial charge on any atom is 0.308 e. The van der Waals surface area contributed by atoms with Crippen LogP contribution >= 0.6 is 0 Å². The fourth-order valence-corrected chi connectivity index (χ4v) is 5.71. The Hall–Kier alpha value is -1.94. The first-order valence-corrected chi connectivity index (χ1v) is 10.6. The third-order valence-electron chi connectivity index (χ3n) is 5.45. The van der Waals surface area contributed by atoms with E-state index in [0.717, 1.165) is 0 Å². The highest BCUT2D eigenvalue weighted by Crippen LogP contribution is 2.29. The van der Waals surface area contributed by atoms with Crippen LogP contribution in [-0.4, -0.2) is 65.9 Å². The molecule has 3 rings (SSSR count). The summed E-state index contributed by atoms with van der Waals surface area (Å²) < 4.78 is 32.1. The molecule has 1 aromatic heterocycles. The van der Waals surface area contributed by atoms with Crippen LogP contribution in [0.25, 0.3) is 0 Å². The molecule has 1 amide bonds. The van der Waals surface area contributed by atoms with Gasteiger partial charge in [0.05, 0.1) is 5.92 Å². The smallest absolute Gasteiger partial charge is 0.308 e. The number of piperidine rings is 2. The van der Waals surface area contributed by atoms with Crippen LogP contribution in [-0.2, 0) is 19.6 Å². The molecule has 1 atom stereocenters. The van der Waals surface area contributed by atoms with Crippen molar-refractivity contribution in [2.75, 3.05) is 26.2 Å². The first-order chi connectivity index (χ1) is 12.7. The molecule has 9 nitrogen and oxygen atoms in total. The van der Waals surface area contributed by atoms with Gasteiger partial charge in [-0.25, -0.2) is 8.42 Å². The van der Waals surface area contributed by atoms with E-state index in [4.69, 9.17) is 4.52 Å². The van der Waals surface area contributed by atoms with Gasteiger partial charge in [0.15, 0.2) is 5.76 Å². The number of hydrogen-bond acceptors (Lipinski definition) is 6. The third-order valence-corrected chi connectivity index (χ3v) is 7.59. The summed E-state index contributed by atoms with van der Waals surface area (Å²) in [5.41, 5.74) is 0.332. The third kappa shape index (κ3) is 3.86. The lowest BCUT2D eigenvalue weighted by molar-refractivity contribution is -0.147. The predicted molar refractivity (Wildman–Crippen MR) is 94.4 cm³/mol. The molecule has 3 heterocycles. The molecule has 2 aliphatic heterocycles. The molecular weight excluding hydrogens is 374 g/mol. The van der Waals surface area contributed by atoms with Gasteiger partial charge < -0.3 is 14.5 Å². The number of carbonyl (C=O) groups excluding carboxylic acids is 1. The van der Waals surface area contributed by atoms with Crippen LogP contribution in [0.15, 0.2) is 9.42 Å². The quantitative estimate of drug-likeness (QED) is 0.802. The minimum absolute atomic E-state index is 0.0599. The summed E-state index contributed by atoms with van der Waals surface area (Å²) in [5, 5.41) is 12.9. The molecule has 2 saturated heterocycles. The van der Waals surface area contributed by atoms with Crippen LogP contribution in [0, 0.1) is 25.7 Å². The van der Waals surface area contributed by atoms with E-state index in [1.54, 1.807) is 18.7 Å². The summed E-state index contributed by atoms with van der Waals surface area (Å²) in [6.45, 7) is 4.47. The number of likely N-dealkylation sites (tertiary alicyclic amines) is 1. The maximum absolute atomic E-state index is 12.9. The molecule has 10 heteroatoms. The highest BCUT2D eigenvalue weighted by molar-refractivity contribution is 7.89. The largest absolute Gasteiger partial charge is 0.481 e. The van der Waals surface area contributed by atoms with E-state index < -0.39 is 21.9 Å². The fraction of sp³-hybridized carbons (Fsp3) is 0.706. The van der Waals surface area contributed by atoms with Crippen molar-refractivity contribution in [3.8, 4) is 0 Å². The van der Waals surface area contributed by atoms with Gasteiger partial charge in [-0.05, 0) is 39.5 Å². The van der Waals surface area contributed by atoms with Crippen molar-refractivity contribution in [2.45, 2.75) is 44.4 Å². The van der Waals surface area contributed by atoms with Gasteiger partial charge in [-0.1, -0.05) is 5.16 Å². The number of hydrogen-bond donors (Lipinski definition) is 1. The Bertz CT molecular complexity index is 806. The Balaban J connectivity index is 1.63. The zero-order valence-corrected chi connectivity index (χ0v) is 16.4. The van der Waals surface area contributed by atoms with Gasteiger partial charge in [0.25, 0.3) is 0 Å². The number of aryl methyl sites for hydroxylation is 2. The molecule has 2 aliphatic rings. The van der Waals surface area contributed by atoms with Gasteiger partial charge in [0, 0.05) is 32.1 Å². The van der Waals surface area contributed by atoms with Crippen molar-refractivity contribution < 1.29 is 27.6 Å². The SMILES string of the molecule is Cc1noc(C)c1S(=O)(=O)N1CCC(C(=O)N2CCC[C@H](C(=O)O)C2)CC1. The first-order valence-electron chi connectivity index (χ1n) is 9.16. The van der Waals surface area contributed by atoms with Crippen LogP contribution in [0.3, 0.4) is 0 Å². The van der Waals surface area contributed by atoms with Crippen LogP contribution in [0.2, 0.25) is 0 Å². The Morgan fingerprint density at radius 2 is 1.78 bits per heavy atom. The van der Waals surface area contributed by atoms with Gasteiger partial charge in [-0.15, -0.1) is 0 Å². The zero-order valence-electron chi connectivity index (χ0n) is 15.5. The zero-order chi connectivity index (χ0) is 19.8. The molecule has 1 aromatic rings. The van der Waals surface area contributed by atoms with Crippen molar-refractivity contribution in [1.82, 2.24) is 14.4 Å². The summed E-state index contributed by atoms with van der Waals surface area (Å²) in [5.74, 6) is -1.45. The van der Waals surface area contributed by atoms with Crippen LogP contribution in [0.1, 0.15) is 37.1 Å². The average Bonchev–Trinajstić information content (AvgIpc) is 3.00. The Morgan fingerprint density at radius 1 is 1.11 bits per heavy atom. The van der Waals surface area contributed by atoms with Gasteiger partial charge in [0.1, 0.15) is 10.6 Å². The molecule has 0 bridgehead atoms. The number of aromatic nitrogens is 1. The van der Waals surface area contributed by atoms with Gasteiger partial charge in [-0.2, -0.15) is 4.31 Å². The summed E-state index contributed by atoms with van der Waals surface area (Å²) >= 11 is 0. The summed E-state index contributed by atoms with van der Waals surface area (Å²) in [6.07, 6.45) is 2.13. The minimum Gasteiger partial charge on any atom is -0.481 e. The van der Waals surface area contributed by atoms with Crippen LogP contribution in [0.5, 0.6) is 0 Å². The Kier molecular flexibility index (Phi) is 5.57. The van der Waals surface area contributed by atoms with E-state index >= 15 is 0 Å². The van der Waals surface area contributed by atoms with Crippen molar-refractivity contribution in [2.24, 2.45) is 11.8 Å². The molecule has 1 N–H and O–H groups in total. The van der Waals surface area contributed by atoms with E-state index in [1.165, 1.54) is 4.31 Å². The maximum atomic E-state index is 12.9. The second kappa shape index (κ2) is 7.59. The number of rotatable bonds is 4. The second-order valence-electron chi connectivity index (χ2n) is 7.29. The van der Waals surface area contributed by atoms with E-state index in [2.05, 4.69) is 5.16 Å². The molecule has 27 heavy (non-hydrogen) atoms. The summed E-state index contributed by atoms with van der Waals surface area (Å²) in [6, 6.07) is 0. The van der Waals surface area contributed by atoms with Gasteiger partial charge >= 0.3 is 5.97 Å². The minimum atomic E-state index is -3.70. The average molecular weight is 399 g/mol. The Labute approximate surface area is 158 Å². The molecule has 2 fully saturated rings. The number of carboxylic acids is 1. The molecule has 0 aromatic carbocycles. The van der Waals surface area contributed by atoms with Crippen molar-refractivity contribution in [3.63, 3.8) is 0 Å². The molecule has 150 valence electrons. The first kappa shape index (κ1) is 19.8. The highest BCUT2D eigenvalue weighted by atomic mass is 32.2. The Morgan fingerprint density at radius 3 is 2.33 bits per heavy atom. The van der Waals surface area contributed by atoms with E-state index in [9.17, 15) is 23.1 Å². The highest BCUT2D eigenvalue weighted by Gasteiger charge is 2.37. The molecular formula is C17H25N3O6S. The number of aliphatic carboxylic acids is 1. The second-order valence-corrected chi connectivity index (χ2v) is 9.17. The normalized spacial score (nSPS) is 22.7. The molecule has 0 aliphatic carbocycles. The van der Waals surface area contributed by atoms with Crippen molar-refractivity contribution >= 4 is 21.9 Å². The van der Waals surface area contributed by atoms with Crippen molar-refractivity contribution in [1.29, 1.82) is 0 Å². The van der Waals surface area contributed by atoms with E-state index in [0.29, 0.717) is 37.9 Å². The lowest BCUT2D eigenvalue weighted by Crippen LogP contribution is -2.48. The van der Waals surface area contributed by atoms with E-state index in [-0.39, 0.29) is 42.1 Å². The van der Waals surface area contributed by atoms with Gasteiger partial charge in [0.2, 0.25) is 15.9 Å². The number of sulfonamides is 1. The number of carboxylic acid groups (broad SMARTS) is 1. The lowest BCUT2D eigenvalue weighted by atomic mass is 9.93. The molecule has 0 saturated carbocycles. The summed E-state index contributed by atoms with van der Waals surface area (Å²) in [7, 11) is -3.70. The van der Waals surface area contributed by atoms with Gasteiger partial charge in [-0.3, -0.25) is 9.59 Å². The van der Waals surface area contributed by atoms with E-state index in [1.807, 2.05) is 0 Å². The number of nitrogens with zero attached hydrogens (tertiary/aromatic N) is 3. The molecule has 0 unspecified atom stereocenters. The van der Waals surface area contributed by atoms with Crippen molar-refractivity contribution in [3.05, 3.63) is 11.5 Å². The monoisotopic (exact) mass is 399 g/mol. The van der Waals surface area contributed by atoms with Crippen LogP contribution < -0.4 is 0 Å².